The number of likely N-dealkylation sites (tertiary alicyclic amines) is 1. The maximum Gasteiger partial charge on any atom is 0.264 e. The Kier molecular flexibility index (Phi) is 5.44. The number of hydrogen-bond acceptors (Lipinski definition) is 5. The van der Waals surface area contributed by atoms with Crippen LogP contribution >= 0.6 is 0 Å². The van der Waals surface area contributed by atoms with Gasteiger partial charge in [-0.25, -0.2) is 21.2 Å². The van der Waals surface area contributed by atoms with Crippen molar-refractivity contribution in [3.05, 3.63) is 59.9 Å². The van der Waals surface area contributed by atoms with Crippen LogP contribution in [-0.4, -0.2) is 52.2 Å². The van der Waals surface area contributed by atoms with Crippen molar-refractivity contribution < 1.29 is 26.0 Å². The summed E-state index contributed by atoms with van der Waals surface area (Å²) in [7, 11) is -7.31. The van der Waals surface area contributed by atoms with Crippen LogP contribution in [0.15, 0.2) is 53.4 Å². The summed E-state index contributed by atoms with van der Waals surface area (Å²) in [6.45, 7) is 0.484. The average molecular weight is 426 g/mol. The molecule has 0 spiro atoms. The van der Waals surface area contributed by atoms with Gasteiger partial charge in [-0.2, -0.15) is 0 Å². The Labute approximate surface area is 163 Å². The van der Waals surface area contributed by atoms with Crippen molar-refractivity contribution in [1.82, 2.24) is 4.90 Å². The van der Waals surface area contributed by atoms with Crippen molar-refractivity contribution in [1.29, 1.82) is 0 Å². The zero-order valence-corrected chi connectivity index (χ0v) is 16.6. The van der Waals surface area contributed by atoms with E-state index in [4.69, 9.17) is 0 Å². The van der Waals surface area contributed by atoms with Gasteiger partial charge in [0.2, 0.25) is 0 Å². The van der Waals surface area contributed by atoms with E-state index in [9.17, 15) is 26.0 Å². The largest absolute Gasteiger partial charge is 0.337 e. The minimum atomic E-state index is -4.10. The number of amides is 1. The molecule has 1 amide bonds. The number of anilines is 1. The Balaban J connectivity index is 1.72. The molecule has 1 unspecified atom stereocenters. The van der Waals surface area contributed by atoms with Crippen LogP contribution in [-0.2, 0) is 19.9 Å². The summed E-state index contributed by atoms with van der Waals surface area (Å²) in [6.07, 6.45) is 1.55. The predicted octanol–water partition coefficient (Wildman–Crippen LogP) is 1.89. The molecule has 0 bridgehead atoms. The van der Waals surface area contributed by atoms with Crippen LogP contribution < -0.4 is 4.72 Å². The minimum Gasteiger partial charge on any atom is -0.337 e. The smallest absolute Gasteiger partial charge is 0.264 e. The molecule has 1 heterocycles. The van der Waals surface area contributed by atoms with E-state index in [2.05, 4.69) is 4.72 Å². The number of rotatable bonds is 5. The third-order valence-corrected chi connectivity index (χ3v) is 7.56. The molecular weight excluding hydrogens is 407 g/mol. The number of benzene rings is 2. The molecule has 1 N–H and O–H groups in total. The molecular formula is C18H19FN2O5S2. The number of hydrogen-bond donors (Lipinski definition) is 1. The first-order valence-electron chi connectivity index (χ1n) is 8.43. The van der Waals surface area contributed by atoms with Crippen LogP contribution in [0.4, 0.5) is 10.1 Å². The highest BCUT2D eigenvalue weighted by Crippen LogP contribution is 2.21. The summed E-state index contributed by atoms with van der Waals surface area (Å²) < 4.78 is 63.8. The van der Waals surface area contributed by atoms with Gasteiger partial charge < -0.3 is 4.90 Å². The predicted molar refractivity (Wildman–Crippen MR) is 103 cm³/mol. The van der Waals surface area contributed by atoms with E-state index in [0.29, 0.717) is 18.5 Å². The molecule has 10 heteroatoms. The summed E-state index contributed by atoms with van der Waals surface area (Å²) in [4.78, 5) is 13.5. The molecule has 28 heavy (non-hydrogen) atoms. The lowest BCUT2D eigenvalue weighted by atomic mass is 10.2. The number of nitrogens with one attached hydrogen (secondary N) is 1. The van der Waals surface area contributed by atoms with Gasteiger partial charge in [-0.15, -0.1) is 0 Å². The van der Waals surface area contributed by atoms with Gasteiger partial charge in [0.15, 0.2) is 9.84 Å². The average Bonchev–Trinajstić information content (AvgIpc) is 3.12. The summed E-state index contributed by atoms with van der Waals surface area (Å²) >= 11 is 0. The van der Waals surface area contributed by atoms with Crippen LogP contribution in [0.25, 0.3) is 0 Å². The van der Waals surface area contributed by atoms with Gasteiger partial charge in [0.1, 0.15) is 10.7 Å². The molecule has 7 nitrogen and oxygen atoms in total. The Morgan fingerprint density at radius 3 is 2.29 bits per heavy atom. The zero-order chi connectivity index (χ0) is 20.5. The van der Waals surface area contributed by atoms with Gasteiger partial charge >= 0.3 is 0 Å². The fourth-order valence-corrected chi connectivity index (χ4v) is 5.12. The van der Waals surface area contributed by atoms with E-state index < -0.39 is 35.8 Å². The summed E-state index contributed by atoms with van der Waals surface area (Å²) in [6, 6.07) is 10.7. The van der Waals surface area contributed by atoms with Gasteiger partial charge in [0, 0.05) is 30.6 Å². The SMILES string of the molecule is CS(=O)(=O)C1CCN(C(=O)c2ccc(NS(=O)(=O)c3ccccc3F)cc2)C1. The van der Waals surface area contributed by atoms with Crippen LogP contribution in [0.5, 0.6) is 0 Å². The Morgan fingerprint density at radius 2 is 1.71 bits per heavy atom. The highest BCUT2D eigenvalue weighted by Gasteiger charge is 2.32. The van der Waals surface area contributed by atoms with E-state index in [1.54, 1.807) is 0 Å². The number of carbonyl (C=O) groups is 1. The molecule has 1 fully saturated rings. The molecule has 0 aromatic heterocycles. The minimum absolute atomic E-state index is 0.138. The normalized spacial score (nSPS) is 17.5. The Bertz CT molecular complexity index is 1100. The van der Waals surface area contributed by atoms with E-state index in [-0.39, 0.29) is 18.1 Å². The number of sulfonamides is 1. The lowest BCUT2D eigenvalue weighted by Gasteiger charge is -2.16. The number of sulfone groups is 1. The number of halogens is 1. The monoisotopic (exact) mass is 426 g/mol. The summed E-state index contributed by atoms with van der Waals surface area (Å²) in [5.41, 5.74) is 0.484. The van der Waals surface area contributed by atoms with Crippen LogP contribution in [0.2, 0.25) is 0 Å². The molecule has 1 saturated heterocycles. The van der Waals surface area contributed by atoms with Crippen molar-refractivity contribution in [2.24, 2.45) is 0 Å². The second-order valence-electron chi connectivity index (χ2n) is 6.60. The molecule has 2 aromatic carbocycles. The molecule has 1 aliphatic rings. The van der Waals surface area contributed by atoms with E-state index in [0.717, 1.165) is 18.4 Å². The van der Waals surface area contributed by atoms with E-state index in [1.165, 1.54) is 41.3 Å². The highest BCUT2D eigenvalue weighted by molar-refractivity contribution is 7.92. The molecule has 0 aliphatic carbocycles. The number of nitrogens with zero attached hydrogens (tertiary/aromatic N) is 1. The first kappa shape index (κ1) is 20.3. The highest BCUT2D eigenvalue weighted by atomic mass is 32.2. The maximum atomic E-state index is 13.7. The lowest BCUT2D eigenvalue weighted by molar-refractivity contribution is 0.0793. The molecule has 0 radical (unpaired) electrons. The third-order valence-electron chi connectivity index (χ3n) is 4.55. The Hall–Kier alpha value is -2.46. The maximum absolute atomic E-state index is 13.7. The van der Waals surface area contributed by atoms with Crippen molar-refractivity contribution in [2.75, 3.05) is 24.1 Å². The first-order chi connectivity index (χ1) is 13.1. The van der Waals surface area contributed by atoms with Crippen molar-refractivity contribution in [2.45, 2.75) is 16.6 Å². The fraction of sp³-hybridized carbons (Fsp3) is 0.278. The van der Waals surface area contributed by atoms with Crippen molar-refractivity contribution >= 4 is 31.5 Å². The molecule has 2 aromatic rings. The summed E-state index contributed by atoms with van der Waals surface area (Å²) in [5.74, 6) is -1.19. The molecule has 1 aliphatic heterocycles. The third kappa shape index (κ3) is 4.33. The number of carbonyl (C=O) groups excluding carboxylic acids is 1. The van der Waals surface area contributed by atoms with Gasteiger partial charge in [-0.3, -0.25) is 9.52 Å². The second-order valence-corrected chi connectivity index (χ2v) is 10.6. The van der Waals surface area contributed by atoms with Crippen molar-refractivity contribution in [3.63, 3.8) is 0 Å². The molecule has 150 valence electrons. The molecule has 1 atom stereocenters. The van der Waals surface area contributed by atoms with Gasteiger partial charge in [-0.1, -0.05) is 12.1 Å². The topological polar surface area (TPSA) is 101 Å². The van der Waals surface area contributed by atoms with Crippen LogP contribution in [0.1, 0.15) is 16.8 Å². The van der Waals surface area contributed by atoms with Gasteiger partial charge in [0.25, 0.3) is 15.9 Å². The quantitative estimate of drug-likeness (QED) is 0.787. The molecule has 0 saturated carbocycles. The Morgan fingerprint density at radius 1 is 1.07 bits per heavy atom. The van der Waals surface area contributed by atoms with Gasteiger partial charge in [-0.05, 0) is 42.8 Å². The second kappa shape index (κ2) is 7.51. The summed E-state index contributed by atoms with van der Waals surface area (Å²) in [5, 5.41) is -0.566. The van der Waals surface area contributed by atoms with Crippen LogP contribution in [0, 0.1) is 5.82 Å². The lowest BCUT2D eigenvalue weighted by Crippen LogP contribution is -2.31. The fourth-order valence-electron chi connectivity index (χ4n) is 3.00. The zero-order valence-electron chi connectivity index (χ0n) is 15.0. The van der Waals surface area contributed by atoms with Crippen molar-refractivity contribution in [3.8, 4) is 0 Å². The standard InChI is InChI=1S/C18H19FN2O5S2/c1-27(23,24)15-10-11-21(12-15)18(22)13-6-8-14(9-7-13)20-28(25,26)17-5-3-2-4-16(17)19/h2-9,15,20H,10-12H2,1H3. The van der Waals surface area contributed by atoms with E-state index in [1.807, 2.05) is 0 Å². The van der Waals surface area contributed by atoms with Gasteiger partial charge in [0.05, 0.1) is 5.25 Å². The molecule has 3 rings (SSSR count). The van der Waals surface area contributed by atoms with E-state index >= 15 is 0 Å². The van der Waals surface area contributed by atoms with Crippen LogP contribution in [0.3, 0.4) is 0 Å². The first-order valence-corrected chi connectivity index (χ1v) is 11.9.